The molecule has 0 nitrogen and oxygen atoms in total. The van der Waals surface area contributed by atoms with Crippen molar-refractivity contribution in [1.29, 1.82) is 0 Å². The van der Waals surface area contributed by atoms with Gasteiger partial charge >= 0.3 is 0 Å². The quantitative estimate of drug-likeness (QED) is 0.153. The summed E-state index contributed by atoms with van der Waals surface area (Å²) in [4.78, 5) is 0. The average molecular weight is 369 g/mol. The molecule has 0 heteroatoms. The van der Waals surface area contributed by atoms with E-state index in [1.807, 2.05) is 6.92 Å². The Bertz CT molecular complexity index is 524. The summed E-state index contributed by atoms with van der Waals surface area (Å²) in [7, 11) is 0. The summed E-state index contributed by atoms with van der Waals surface area (Å²) in [6, 6.07) is 0. The smallest absolute Gasteiger partial charge is 0.0194 e. The predicted molar refractivity (Wildman–Crippen MR) is 126 cm³/mol. The van der Waals surface area contributed by atoms with Crippen molar-refractivity contribution in [1.82, 2.24) is 0 Å². The summed E-state index contributed by atoms with van der Waals surface area (Å²) >= 11 is 0. The summed E-state index contributed by atoms with van der Waals surface area (Å²) in [5.74, 6) is 1.37. The van der Waals surface area contributed by atoms with E-state index in [1.54, 1.807) is 0 Å². The maximum Gasteiger partial charge on any atom is -0.0194 e. The molecule has 0 saturated carbocycles. The first-order valence-electron chi connectivity index (χ1n) is 10.9. The Hall–Kier alpha value is -1.56. The van der Waals surface area contributed by atoms with Gasteiger partial charge in [0.15, 0.2) is 0 Å². The molecule has 0 spiro atoms. The molecule has 0 heterocycles. The normalized spacial score (nSPS) is 15.1. The second kappa shape index (κ2) is 16.6. The van der Waals surface area contributed by atoms with E-state index in [2.05, 4.69) is 83.4 Å². The summed E-state index contributed by atoms with van der Waals surface area (Å²) in [5, 5.41) is 0. The maximum absolute atomic E-state index is 4.31. The van der Waals surface area contributed by atoms with Crippen molar-refractivity contribution >= 4 is 0 Å². The van der Waals surface area contributed by atoms with Gasteiger partial charge in [-0.1, -0.05) is 112 Å². The molecule has 0 saturated heterocycles. The number of allylic oxidation sites excluding steroid dienone is 10. The molecule has 0 aromatic carbocycles. The summed E-state index contributed by atoms with van der Waals surface area (Å²) in [6.07, 6.45) is 24.7. The molecule has 0 bridgehead atoms. The van der Waals surface area contributed by atoms with Crippen LogP contribution in [0, 0.1) is 11.8 Å². The van der Waals surface area contributed by atoms with Gasteiger partial charge < -0.3 is 0 Å². The third kappa shape index (κ3) is 14.2. The highest BCUT2D eigenvalue weighted by Crippen LogP contribution is 2.23. The predicted octanol–water partition coefficient (Wildman–Crippen LogP) is 9.15. The molecule has 0 aliphatic rings. The molecule has 0 N–H and O–H groups in total. The van der Waals surface area contributed by atoms with Crippen molar-refractivity contribution in [2.45, 2.75) is 86.0 Å². The van der Waals surface area contributed by atoms with Crippen molar-refractivity contribution in [3.8, 4) is 0 Å². The van der Waals surface area contributed by atoms with Gasteiger partial charge in [-0.15, -0.1) is 0 Å². The lowest BCUT2D eigenvalue weighted by molar-refractivity contribution is 0.485. The highest BCUT2D eigenvalue weighted by atomic mass is 14.1. The average Bonchev–Trinajstić information content (AvgIpc) is 2.67. The Morgan fingerprint density at radius 3 is 2.33 bits per heavy atom. The summed E-state index contributed by atoms with van der Waals surface area (Å²) in [5.41, 5.74) is 3.98. The number of rotatable bonds is 15. The molecule has 0 aliphatic carbocycles. The zero-order chi connectivity index (χ0) is 20.5. The topological polar surface area (TPSA) is 0 Å². The van der Waals surface area contributed by atoms with Crippen LogP contribution in [-0.4, -0.2) is 0 Å². The fourth-order valence-electron chi connectivity index (χ4n) is 2.94. The van der Waals surface area contributed by atoms with E-state index in [-0.39, 0.29) is 0 Å². The molecule has 0 radical (unpaired) electrons. The number of hydrogen-bond donors (Lipinski definition) is 0. The Morgan fingerprint density at radius 1 is 0.963 bits per heavy atom. The summed E-state index contributed by atoms with van der Waals surface area (Å²) in [6.45, 7) is 19.6. The van der Waals surface area contributed by atoms with Gasteiger partial charge in [0.05, 0.1) is 0 Å². The van der Waals surface area contributed by atoms with Crippen LogP contribution in [0.1, 0.15) is 86.0 Å². The number of hydrogen-bond acceptors (Lipinski definition) is 0. The highest BCUT2D eigenvalue weighted by molar-refractivity contribution is 5.27. The van der Waals surface area contributed by atoms with E-state index in [0.29, 0.717) is 5.92 Å². The van der Waals surface area contributed by atoms with Crippen LogP contribution in [0.5, 0.6) is 0 Å². The molecule has 0 rings (SSSR count). The minimum atomic E-state index is 0.514. The minimum absolute atomic E-state index is 0.514. The molecule has 0 aromatic heterocycles. The molecular formula is C27H44. The third-order valence-corrected chi connectivity index (χ3v) is 5.36. The highest BCUT2D eigenvalue weighted by Gasteiger charge is 2.07. The molecule has 0 fully saturated rings. The second-order valence-corrected chi connectivity index (χ2v) is 7.87. The van der Waals surface area contributed by atoms with Crippen LogP contribution in [-0.2, 0) is 0 Å². The first-order valence-corrected chi connectivity index (χ1v) is 10.9. The molecule has 0 aliphatic heterocycles. The van der Waals surface area contributed by atoms with E-state index in [9.17, 15) is 0 Å². The van der Waals surface area contributed by atoms with Crippen LogP contribution in [0.2, 0.25) is 0 Å². The van der Waals surface area contributed by atoms with Gasteiger partial charge in [0, 0.05) is 0 Å². The van der Waals surface area contributed by atoms with Crippen LogP contribution >= 0.6 is 0 Å². The first kappa shape index (κ1) is 25.4. The SMILES string of the molecule is C=C(C=CC(=CC)CC(C)C(=C)CCC=CC=CC)CCCCC(C)CC. The zero-order valence-electron chi connectivity index (χ0n) is 18.8. The van der Waals surface area contributed by atoms with Gasteiger partial charge in [-0.05, 0) is 57.8 Å². The van der Waals surface area contributed by atoms with Gasteiger partial charge in [-0.25, -0.2) is 0 Å². The molecule has 0 amide bonds. The van der Waals surface area contributed by atoms with E-state index in [4.69, 9.17) is 0 Å². The van der Waals surface area contributed by atoms with Gasteiger partial charge in [0.25, 0.3) is 0 Å². The van der Waals surface area contributed by atoms with Gasteiger partial charge in [0.2, 0.25) is 0 Å². The molecular weight excluding hydrogens is 324 g/mol. The summed E-state index contributed by atoms with van der Waals surface area (Å²) < 4.78 is 0. The maximum atomic E-state index is 4.31. The van der Waals surface area contributed by atoms with Gasteiger partial charge in [-0.3, -0.25) is 0 Å². The van der Waals surface area contributed by atoms with Gasteiger partial charge in [0.1, 0.15) is 0 Å². The second-order valence-electron chi connectivity index (χ2n) is 7.87. The molecule has 27 heavy (non-hydrogen) atoms. The number of unbranched alkanes of at least 4 members (excludes halogenated alkanes) is 1. The zero-order valence-corrected chi connectivity index (χ0v) is 18.8. The Kier molecular flexibility index (Phi) is 15.6. The van der Waals surface area contributed by atoms with Crippen molar-refractivity contribution in [2.24, 2.45) is 11.8 Å². The third-order valence-electron chi connectivity index (χ3n) is 5.36. The monoisotopic (exact) mass is 368 g/mol. The van der Waals surface area contributed by atoms with Crippen molar-refractivity contribution < 1.29 is 0 Å². The lowest BCUT2D eigenvalue weighted by Gasteiger charge is -2.15. The fourth-order valence-corrected chi connectivity index (χ4v) is 2.94. The fraction of sp³-hybridized carbons (Fsp3) is 0.556. The lowest BCUT2D eigenvalue weighted by atomic mass is 9.91. The molecule has 2 unspecified atom stereocenters. The van der Waals surface area contributed by atoms with Crippen LogP contribution in [0.4, 0.5) is 0 Å². The van der Waals surface area contributed by atoms with Crippen molar-refractivity contribution in [2.75, 3.05) is 0 Å². The van der Waals surface area contributed by atoms with Crippen LogP contribution in [0.3, 0.4) is 0 Å². The van der Waals surface area contributed by atoms with Crippen molar-refractivity contribution in [3.63, 3.8) is 0 Å². The first-order chi connectivity index (χ1) is 12.9. The largest absolute Gasteiger partial charge is 0.0996 e. The molecule has 152 valence electrons. The minimum Gasteiger partial charge on any atom is -0.0996 e. The van der Waals surface area contributed by atoms with E-state index >= 15 is 0 Å². The lowest BCUT2D eigenvalue weighted by Crippen LogP contribution is -1.99. The van der Waals surface area contributed by atoms with E-state index < -0.39 is 0 Å². The standard InChI is InChI=1S/C27H44/c1-8-11-12-13-14-19-25(6)26(7)22-27(10-3)21-20-24(5)18-16-15-17-23(4)9-2/h8,10-13,20-21,23,26H,5-6,9,14-19,22H2,1-4,7H3. The Labute approximate surface area is 170 Å². The van der Waals surface area contributed by atoms with Crippen LogP contribution in [0.25, 0.3) is 0 Å². The Balaban J connectivity index is 4.25. The van der Waals surface area contributed by atoms with Crippen molar-refractivity contribution in [3.05, 3.63) is 72.4 Å². The molecule has 2 atom stereocenters. The van der Waals surface area contributed by atoms with E-state index in [0.717, 1.165) is 31.6 Å². The van der Waals surface area contributed by atoms with E-state index in [1.165, 1.54) is 42.4 Å². The Morgan fingerprint density at radius 2 is 1.70 bits per heavy atom. The van der Waals surface area contributed by atoms with Gasteiger partial charge in [-0.2, -0.15) is 0 Å². The van der Waals surface area contributed by atoms with Crippen LogP contribution < -0.4 is 0 Å². The molecule has 0 aromatic rings. The van der Waals surface area contributed by atoms with Crippen LogP contribution in [0.15, 0.2) is 72.4 Å².